The van der Waals surface area contributed by atoms with Gasteiger partial charge in [0.2, 0.25) is 11.8 Å². The summed E-state index contributed by atoms with van der Waals surface area (Å²) in [4.78, 5) is 27.2. The van der Waals surface area contributed by atoms with Gasteiger partial charge in [-0.05, 0) is 44.5 Å². The van der Waals surface area contributed by atoms with E-state index >= 15 is 0 Å². The highest BCUT2D eigenvalue weighted by atomic mass is 35.5. The topological polar surface area (TPSA) is 49.4 Å². The van der Waals surface area contributed by atoms with E-state index in [0.717, 1.165) is 5.56 Å². The van der Waals surface area contributed by atoms with Gasteiger partial charge in [-0.15, -0.1) is 11.8 Å². The zero-order valence-corrected chi connectivity index (χ0v) is 20.2. The number of carbonyl (C=O) groups excluding carboxylic acids is 2. The Morgan fingerprint density at radius 1 is 0.967 bits per heavy atom. The molecular weight excluding hydrogens is 463 g/mol. The zero-order chi connectivity index (χ0) is 22.3. The molecule has 1 atom stereocenters. The summed E-state index contributed by atoms with van der Waals surface area (Å²) in [7, 11) is 0. The fourth-order valence-electron chi connectivity index (χ4n) is 2.79. The van der Waals surface area contributed by atoms with Crippen molar-refractivity contribution in [1.82, 2.24) is 10.2 Å². The maximum Gasteiger partial charge on any atom is 0.242 e. The number of carbonyl (C=O) groups is 2. The molecule has 0 spiro atoms. The van der Waals surface area contributed by atoms with Crippen LogP contribution in [0.5, 0.6) is 0 Å². The first kappa shape index (κ1) is 24.9. The lowest BCUT2D eigenvalue weighted by Gasteiger charge is -2.30. The molecule has 162 valence electrons. The summed E-state index contributed by atoms with van der Waals surface area (Å²) in [6.45, 7) is 5.61. The predicted molar refractivity (Wildman–Crippen MR) is 127 cm³/mol. The smallest absolute Gasteiger partial charge is 0.242 e. The van der Waals surface area contributed by atoms with Crippen LogP contribution in [-0.4, -0.2) is 34.6 Å². The van der Waals surface area contributed by atoms with Gasteiger partial charge in [0.1, 0.15) is 6.04 Å². The SMILES string of the molecule is CC(C)NC(=O)C(C)N(Cc1c(Cl)cccc1Cl)C(=O)CSCc1ccccc1Cl. The lowest BCUT2D eigenvalue weighted by Crippen LogP contribution is -2.49. The third-order valence-corrected chi connectivity index (χ3v) is 6.47. The number of hydrogen-bond acceptors (Lipinski definition) is 3. The summed E-state index contributed by atoms with van der Waals surface area (Å²) < 4.78 is 0. The lowest BCUT2D eigenvalue weighted by atomic mass is 10.1. The number of nitrogens with one attached hydrogen (secondary N) is 1. The molecule has 2 rings (SSSR count). The fraction of sp³-hybridized carbons (Fsp3) is 0.364. The molecule has 8 heteroatoms. The van der Waals surface area contributed by atoms with Gasteiger partial charge in [-0.25, -0.2) is 0 Å². The Kier molecular flexibility index (Phi) is 9.82. The van der Waals surface area contributed by atoms with Crippen molar-refractivity contribution >= 4 is 58.4 Å². The average Bonchev–Trinajstić information content (AvgIpc) is 2.68. The van der Waals surface area contributed by atoms with Crippen molar-refractivity contribution in [3.8, 4) is 0 Å². The minimum absolute atomic E-state index is 0.0320. The van der Waals surface area contributed by atoms with Gasteiger partial charge in [-0.3, -0.25) is 9.59 Å². The molecule has 2 aromatic rings. The highest BCUT2D eigenvalue weighted by Gasteiger charge is 2.27. The molecule has 0 fully saturated rings. The van der Waals surface area contributed by atoms with Crippen LogP contribution < -0.4 is 5.32 Å². The van der Waals surface area contributed by atoms with Crippen molar-refractivity contribution in [2.24, 2.45) is 0 Å². The van der Waals surface area contributed by atoms with Gasteiger partial charge in [0, 0.05) is 39.0 Å². The van der Waals surface area contributed by atoms with Crippen LogP contribution in [-0.2, 0) is 21.9 Å². The van der Waals surface area contributed by atoms with Gasteiger partial charge in [0.05, 0.1) is 5.75 Å². The fourth-order valence-corrected chi connectivity index (χ4v) is 4.50. The largest absolute Gasteiger partial charge is 0.352 e. The number of hydrogen-bond donors (Lipinski definition) is 1. The van der Waals surface area contributed by atoms with E-state index < -0.39 is 6.04 Å². The van der Waals surface area contributed by atoms with Gasteiger partial charge in [-0.1, -0.05) is 59.1 Å². The first-order valence-electron chi connectivity index (χ1n) is 9.54. The molecule has 30 heavy (non-hydrogen) atoms. The Labute approximate surface area is 197 Å². The third kappa shape index (κ3) is 7.09. The molecule has 0 aliphatic heterocycles. The Morgan fingerprint density at radius 3 is 2.17 bits per heavy atom. The molecule has 0 aliphatic rings. The van der Waals surface area contributed by atoms with Crippen LogP contribution in [0, 0.1) is 0 Å². The quantitative estimate of drug-likeness (QED) is 0.485. The van der Waals surface area contributed by atoms with E-state index in [4.69, 9.17) is 34.8 Å². The first-order valence-corrected chi connectivity index (χ1v) is 11.8. The lowest BCUT2D eigenvalue weighted by molar-refractivity contribution is -0.138. The third-order valence-electron chi connectivity index (χ3n) is 4.43. The Bertz CT molecular complexity index is 872. The van der Waals surface area contributed by atoms with Gasteiger partial charge in [0.25, 0.3) is 0 Å². The highest BCUT2D eigenvalue weighted by Crippen LogP contribution is 2.27. The van der Waals surface area contributed by atoms with Crippen molar-refractivity contribution in [2.45, 2.75) is 45.2 Å². The van der Waals surface area contributed by atoms with Crippen LogP contribution in [0.1, 0.15) is 31.9 Å². The zero-order valence-electron chi connectivity index (χ0n) is 17.1. The van der Waals surface area contributed by atoms with Crippen molar-refractivity contribution in [2.75, 3.05) is 5.75 Å². The molecule has 1 unspecified atom stereocenters. The van der Waals surface area contributed by atoms with Crippen molar-refractivity contribution in [3.63, 3.8) is 0 Å². The summed E-state index contributed by atoms with van der Waals surface area (Å²) in [5.41, 5.74) is 1.58. The molecular formula is C22H25Cl3N2O2S. The maximum atomic E-state index is 13.1. The second-order valence-corrected chi connectivity index (χ2v) is 9.35. The normalized spacial score (nSPS) is 12.0. The minimum atomic E-state index is -0.673. The molecule has 0 bridgehead atoms. The summed E-state index contributed by atoms with van der Waals surface area (Å²) in [6.07, 6.45) is 0. The number of amides is 2. The van der Waals surface area contributed by atoms with Crippen molar-refractivity contribution in [1.29, 1.82) is 0 Å². The number of rotatable bonds is 9. The van der Waals surface area contributed by atoms with Crippen LogP contribution in [0.15, 0.2) is 42.5 Å². The maximum absolute atomic E-state index is 13.1. The average molecular weight is 488 g/mol. The number of benzene rings is 2. The van der Waals surface area contributed by atoms with Gasteiger partial charge >= 0.3 is 0 Å². The summed E-state index contributed by atoms with van der Waals surface area (Å²) in [6, 6.07) is 12.0. The van der Waals surface area contributed by atoms with Crippen LogP contribution in [0.2, 0.25) is 15.1 Å². The Hall–Kier alpha value is -1.40. The molecule has 2 aromatic carbocycles. The van der Waals surface area contributed by atoms with Crippen molar-refractivity contribution < 1.29 is 9.59 Å². The Balaban J connectivity index is 2.16. The second-order valence-electron chi connectivity index (χ2n) is 7.15. The summed E-state index contributed by atoms with van der Waals surface area (Å²) >= 11 is 20.3. The van der Waals surface area contributed by atoms with E-state index in [0.29, 0.717) is 26.4 Å². The van der Waals surface area contributed by atoms with E-state index in [2.05, 4.69) is 5.32 Å². The van der Waals surface area contributed by atoms with E-state index in [1.54, 1.807) is 25.1 Å². The standard InChI is InChI=1S/C22H25Cl3N2O2S/c1-14(2)26-22(29)15(3)27(11-17-19(24)9-6-10-20(17)25)21(28)13-30-12-16-7-4-5-8-18(16)23/h4-10,14-15H,11-13H2,1-3H3,(H,26,29). The van der Waals surface area contributed by atoms with E-state index in [-0.39, 0.29) is 30.2 Å². The number of nitrogens with zero attached hydrogens (tertiary/aromatic N) is 1. The van der Waals surface area contributed by atoms with E-state index in [9.17, 15) is 9.59 Å². The van der Waals surface area contributed by atoms with E-state index in [1.165, 1.54) is 16.7 Å². The molecule has 0 saturated carbocycles. The molecule has 0 aromatic heterocycles. The highest BCUT2D eigenvalue weighted by molar-refractivity contribution is 7.99. The molecule has 0 radical (unpaired) electrons. The second kappa shape index (κ2) is 11.8. The number of halogens is 3. The van der Waals surface area contributed by atoms with Gasteiger partial charge in [0.15, 0.2) is 0 Å². The molecule has 1 N–H and O–H groups in total. The molecule has 0 heterocycles. The monoisotopic (exact) mass is 486 g/mol. The molecule has 0 saturated heterocycles. The first-order chi connectivity index (χ1) is 14.2. The molecule has 0 aliphatic carbocycles. The van der Waals surface area contributed by atoms with Crippen LogP contribution in [0.3, 0.4) is 0 Å². The number of thioether (sulfide) groups is 1. The van der Waals surface area contributed by atoms with Gasteiger partial charge < -0.3 is 10.2 Å². The van der Waals surface area contributed by atoms with E-state index in [1.807, 2.05) is 38.1 Å². The van der Waals surface area contributed by atoms with Crippen molar-refractivity contribution in [3.05, 3.63) is 68.7 Å². The minimum Gasteiger partial charge on any atom is -0.352 e. The predicted octanol–water partition coefficient (Wildman–Crippen LogP) is 5.82. The molecule has 4 nitrogen and oxygen atoms in total. The van der Waals surface area contributed by atoms with Crippen LogP contribution in [0.4, 0.5) is 0 Å². The van der Waals surface area contributed by atoms with Crippen LogP contribution >= 0.6 is 46.6 Å². The summed E-state index contributed by atoms with van der Waals surface area (Å²) in [5, 5.41) is 4.45. The van der Waals surface area contributed by atoms with Crippen LogP contribution in [0.25, 0.3) is 0 Å². The van der Waals surface area contributed by atoms with Gasteiger partial charge in [-0.2, -0.15) is 0 Å². The Morgan fingerprint density at radius 2 is 1.57 bits per heavy atom. The summed E-state index contributed by atoms with van der Waals surface area (Å²) in [5.74, 6) is 0.401. The molecule has 2 amide bonds.